The van der Waals surface area contributed by atoms with Gasteiger partial charge in [0.2, 0.25) is 5.91 Å². The number of amides is 2. The van der Waals surface area contributed by atoms with Crippen molar-refractivity contribution >= 4 is 63.9 Å². The maximum atomic E-state index is 12.0. The third-order valence-corrected chi connectivity index (χ3v) is 4.30. The second kappa shape index (κ2) is 11.1. The second-order valence-electron chi connectivity index (χ2n) is 5.49. The van der Waals surface area contributed by atoms with Gasteiger partial charge >= 0.3 is 0 Å². The normalized spacial score (nSPS) is 10.1. The van der Waals surface area contributed by atoms with E-state index < -0.39 is 5.91 Å². The van der Waals surface area contributed by atoms with Crippen LogP contribution >= 0.6 is 47.0 Å². The van der Waals surface area contributed by atoms with Crippen molar-refractivity contribution in [1.82, 2.24) is 16.2 Å². The summed E-state index contributed by atoms with van der Waals surface area (Å²) < 4.78 is 5.49. The third kappa shape index (κ3) is 7.52. The van der Waals surface area contributed by atoms with Crippen LogP contribution in [0.1, 0.15) is 23.2 Å². The monoisotopic (exact) mass is 459 g/mol. The molecule has 0 fully saturated rings. The van der Waals surface area contributed by atoms with E-state index in [0.717, 1.165) is 0 Å². The molecule has 0 radical (unpaired) electrons. The highest BCUT2D eigenvalue weighted by atomic mass is 35.5. The summed E-state index contributed by atoms with van der Waals surface area (Å²) in [6.07, 6.45) is 0.636. The van der Waals surface area contributed by atoms with Gasteiger partial charge in [-0.15, -0.1) is 0 Å². The summed E-state index contributed by atoms with van der Waals surface area (Å²) in [4.78, 5) is 23.8. The molecule has 3 N–H and O–H groups in total. The molecule has 10 heteroatoms. The summed E-state index contributed by atoms with van der Waals surface area (Å²) in [7, 11) is 0. The van der Waals surface area contributed by atoms with Crippen LogP contribution in [-0.4, -0.2) is 23.5 Å². The zero-order valence-electron chi connectivity index (χ0n) is 14.4. The SMILES string of the molecule is O=C(CCCOc1ccc(Cl)cc1Cl)NNC(=S)NC(=O)c1cccc(Cl)c1. The van der Waals surface area contributed by atoms with Crippen LogP contribution < -0.4 is 20.9 Å². The first-order valence-corrected chi connectivity index (χ1v) is 9.63. The van der Waals surface area contributed by atoms with Crippen molar-refractivity contribution in [3.63, 3.8) is 0 Å². The van der Waals surface area contributed by atoms with Gasteiger partial charge in [-0.2, -0.15) is 0 Å². The molecule has 2 rings (SSSR count). The maximum Gasteiger partial charge on any atom is 0.257 e. The number of thiocarbonyl (C=S) groups is 1. The van der Waals surface area contributed by atoms with Crippen molar-refractivity contribution in [2.75, 3.05) is 6.61 Å². The average molecular weight is 461 g/mol. The standard InChI is InChI=1S/C18H16Cl3N3O3S/c19-12-4-1-3-11(9-12)17(26)22-18(28)24-23-16(25)5-2-8-27-15-7-6-13(20)10-14(15)21/h1,3-4,6-7,9-10H,2,5,8H2,(H,23,25)(H2,22,24,26,28). The third-order valence-electron chi connectivity index (χ3n) is 3.33. The van der Waals surface area contributed by atoms with E-state index in [4.69, 9.17) is 51.8 Å². The minimum atomic E-state index is -0.442. The number of benzene rings is 2. The van der Waals surface area contributed by atoms with Gasteiger partial charge < -0.3 is 4.74 Å². The lowest BCUT2D eigenvalue weighted by atomic mass is 10.2. The van der Waals surface area contributed by atoms with Gasteiger partial charge in [-0.1, -0.05) is 40.9 Å². The molecule has 0 saturated heterocycles. The zero-order valence-corrected chi connectivity index (χ0v) is 17.5. The maximum absolute atomic E-state index is 12.0. The topological polar surface area (TPSA) is 79.5 Å². The van der Waals surface area contributed by atoms with Gasteiger partial charge in [0.15, 0.2) is 5.11 Å². The molecule has 0 bridgehead atoms. The smallest absolute Gasteiger partial charge is 0.257 e. The van der Waals surface area contributed by atoms with Crippen molar-refractivity contribution in [3.8, 4) is 5.75 Å². The Labute approximate surface area is 182 Å². The molecule has 0 aliphatic rings. The van der Waals surface area contributed by atoms with E-state index in [1.54, 1.807) is 36.4 Å². The molecule has 2 aromatic rings. The van der Waals surface area contributed by atoms with E-state index in [-0.39, 0.29) is 17.4 Å². The van der Waals surface area contributed by atoms with Gasteiger partial charge in [-0.25, -0.2) is 0 Å². The Morgan fingerprint density at radius 2 is 1.75 bits per heavy atom. The Hall–Kier alpha value is -2.06. The predicted molar refractivity (Wildman–Crippen MR) is 114 cm³/mol. The molecule has 0 aliphatic carbocycles. The van der Waals surface area contributed by atoms with Crippen LogP contribution in [0.3, 0.4) is 0 Å². The molecule has 0 aliphatic heterocycles. The van der Waals surface area contributed by atoms with Gasteiger partial charge in [0.05, 0.1) is 11.6 Å². The van der Waals surface area contributed by atoms with Crippen LogP contribution in [0.25, 0.3) is 0 Å². The number of halogens is 3. The molecule has 148 valence electrons. The Morgan fingerprint density at radius 3 is 2.46 bits per heavy atom. The number of carbonyl (C=O) groups is 2. The van der Waals surface area contributed by atoms with Crippen molar-refractivity contribution in [3.05, 3.63) is 63.1 Å². The average Bonchev–Trinajstić information content (AvgIpc) is 2.65. The number of hydrogen-bond acceptors (Lipinski definition) is 4. The van der Waals surface area contributed by atoms with Crippen LogP contribution in [0.15, 0.2) is 42.5 Å². The Balaban J connectivity index is 1.65. The molecular formula is C18H16Cl3N3O3S. The first kappa shape index (κ1) is 22.2. The molecule has 0 saturated carbocycles. The van der Waals surface area contributed by atoms with Crippen LogP contribution in [0.5, 0.6) is 5.75 Å². The van der Waals surface area contributed by atoms with Gasteiger partial charge in [-0.3, -0.25) is 25.8 Å². The van der Waals surface area contributed by atoms with E-state index in [2.05, 4.69) is 16.2 Å². The Kier molecular flexibility index (Phi) is 8.79. The van der Waals surface area contributed by atoms with E-state index in [0.29, 0.717) is 39.4 Å². The van der Waals surface area contributed by atoms with E-state index in [1.165, 1.54) is 6.07 Å². The van der Waals surface area contributed by atoms with Crippen LogP contribution in [0, 0.1) is 0 Å². The molecule has 2 aromatic carbocycles. The molecule has 0 heterocycles. The highest BCUT2D eigenvalue weighted by molar-refractivity contribution is 7.80. The molecule has 2 amide bonds. The molecule has 0 unspecified atom stereocenters. The predicted octanol–water partition coefficient (Wildman–Crippen LogP) is 4.14. The van der Waals surface area contributed by atoms with Gasteiger partial charge in [0.25, 0.3) is 5.91 Å². The van der Waals surface area contributed by atoms with Crippen LogP contribution in [0.4, 0.5) is 0 Å². The zero-order chi connectivity index (χ0) is 20.5. The first-order valence-electron chi connectivity index (χ1n) is 8.09. The Bertz CT molecular complexity index is 880. The quantitative estimate of drug-likeness (QED) is 0.343. The number of nitrogens with one attached hydrogen (secondary N) is 3. The molecule has 0 atom stereocenters. The van der Waals surface area contributed by atoms with Gasteiger partial charge in [0.1, 0.15) is 5.75 Å². The van der Waals surface area contributed by atoms with Crippen molar-refractivity contribution in [1.29, 1.82) is 0 Å². The van der Waals surface area contributed by atoms with E-state index >= 15 is 0 Å². The van der Waals surface area contributed by atoms with Crippen molar-refractivity contribution in [2.24, 2.45) is 0 Å². The highest BCUT2D eigenvalue weighted by Crippen LogP contribution is 2.27. The highest BCUT2D eigenvalue weighted by Gasteiger charge is 2.09. The number of ether oxygens (including phenoxy) is 1. The molecule has 28 heavy (non-hydrogen) atoms. The van der Waals surface area contributed by atoms with E-state index in [9.17, 15) is 9.59 Å². The van der Waals surface area contributed by atoms with Crippen LogP contribution in [-0.2, 0) is 4.79 Å². The fourth-order valence-corrected chi connectivity index (χ4v) is 2.83. The number of hydrazine groups is 1. The van der Waals surface area contributed by atoms with Gasteiger partial charge in [0, 0.05) is 22.0 Å². The van der Waals surface area contributed by atoms with Gasteiger partial charge in [-0.05, 0) is 55.0 Å². The summed E-state index contributed by atoms with van der Waals surface area (Å²) in [6, 6.07) is 11.3. The summed E-state index contributed by atoms with van der Waals surface area (Å²) in [5.41, 5.74) is 5.21. The number of hydrogen-bond donors (Lipinski definition) is 3. The molecule has 0 aromatic heterocycles. The number of carbonyl (C=O) groups excluding carboxylic acids is 2. The lowest BCUT2D eigenvalue weighted by molar-refractivity contribution is -0.121. The van der Waals surface area contributed by atoms with E-state index in [1.807, 2.05) is 0 Å². The van der Waals surface area contributed by atoms with Crippen molar-refractivity contribution in [2.45, 2.75) is 12.8 Å². The summed E-state index contributed by atoms with van der Waals surface area (Å²) >= 11 is 22.6. The summed E-state index contributed by atoms with van der Waals surface area (Å²) in [5, 5.41) is 3.75. The lowest BCUT2D eigenvalue weighted by Gasteiger charge is -2.11. The minimum absolute atomic E-state index is 0.0393. The van der Waals surface area contributed by atoms with Crippen LogP contribution in [0.2, 0.25) is 15.1 Å². The molecular weight excluding hydrogens is 445 g/mol. The summed E-state index contributed by atoms with van der Waals surface area (Å²) in [6.45, 7) is 0.296. The largest absolute Gasteiger partial charge is 0.492 e. The summed E-state index contributed by atoms with van der Waals surface area (Å²) in [5.74, 6) is -0.262. The van der Waals surface area contributed by atoms with Crippen molar-refractivity contribution < 1.29 is 14.3 Å². The fraction of sp³-hybridized carbons (Fsp3) is 0.167. The fourth-order valence-electron chi connectivity index (χ4n) is 2.03. The second-order valence-corrected chi connectivity index (χ2v) is 7.18. The number of rotatable bonds is 6. The Morgan fingerprint density at radius 1 is 1.00 bits per heavy atom. The molecule has 6 nitrogen and oxygen atoms in total. The first-order chi connectivity index (χ1) is 13.3. The lowest BCUT2D eigenvalue weighted by Crippen LogP contribution is -2.48. The minimum Gasteiger partial charge on any atom is -0.492 e. The molecule has 0 spiro atoms.